The lowest BCUT2D eigenvalue weighted by Crippen LogP contribution is -2.49. The maximum atomic E-state index is 8.85. The summed E-state index contributed by atoms with van der Waals surface area (Å²) in [6.07, 6.45) is 0. The molecule has 2 aromatic rings. The van der Waals surface area contributed by atoms with Gasteiger partial charge < -0.3 is 4.90 Å². The van der Waals surface area contributed by atoms with Gasteiger partial charge in [-0.15, -0.1) is 10.2 Å². The molecule has 2 heterocycles. The highest BCUT2D eigenvalue weighted by molar-refractivity contribution is 5.60. The maximum Gasteiger partial charge on any atom is 0.151 e. The van der Waals surface area contributed by atoms with Gasteiger partial charge in [0, 0.05) is 37.8 Å². The molecule has 1 saturated heterocycles. The first-order valence-corrected chi connectivity index (χ1v) is 8.00. The van der Waals surface area contributed by atoms with Gasteiger partial charge in [-0.3, -0.25) is 4.90 Å². The summed E-state index contributed by atoms with van der Waals surface area (Å²) in [6.45, 7) is 8.59. The Hall–Kier alpha value is -2.45. The minimum absolute atomic E-state index is 0.599. The van der Waals surface area contributed by atoms with Gasteiger partial charge in [-0.1, -0.05) is 12.1 Å². The van der Waals surface area contributed by atoms with Gasteiger partial charge in [0.15, 0.2) is 5.82 Å². The predicted octanol–water partition coefficient (Wildman–Crippen LogP) is 2.55. The lowest BCUT2D eigenvalue weighted by molar-refractivity contribution is 0.209. The highest BCUT2D eigenvalue weighted by atomic mass is 15.3. The molecule has 0 atom stereocenters. The Bertz CT molecular complexity index is 677. The summed E-state index contributed by atoms with van der Waals surface area (Å²) in [6, 6.07) is 14.2. The van der Waals surface area contributed by atoms with Gasteiger partial charge >= 0.3 is 0 Å². The van der Waals surface area contributed by atoms with Gasteiger partial charge in [0.1, 0.15) is 0 Å². The molecule has 1 aliphatic heterocycles. The number of rotatable bonds is 3. The molecule has 0 bridgehead atoms. The Morgan fingerprint density at radius 2 is 1.65 bits per heavy atom. The van der Waals surface area contributed by atoms with Crippen LogP contribution in [0.25, 0.3) is 11.3 Å². The minimum atomic E-state index is 0.599. The fraction of sp³-hybridized carbons (Fsp3) is 0.389. The van der Waals surface area contributed by atoms with Crippen molar-refractivity contribution >= 4 is 5.82 Å². The van der Waals surface area contributed by atoms with Crippen molar-refractivity contribution in [3.8, 4) is 17.3 Å². The molecular weight excluding hydrogens is 286 g/mol. The summed E-state index contributed by atoms with van der Waals surface area (Å²) in [7, 11) is 0. The third kappa shape index (κ3) is 3.49. The van der Waals surface area contributed by atoms with Crippen molar-refractivity contribution in [3.05, 3.63) is 42.0 Å². The normalized spacial score (nSPS) is 15.7. The van der Waals surface area contributed by atoms with Crippen molar-refractivity contribution in [1.29, 1.82) is 5.26 Å². The average molecular weight is 307 g/mol. The monoisotopic (exact) mass is 307 g/mol. The van der Waals surface area contributed by atoms with Crippen LogP contribution in [0.5, 0.6) is 0 Å². The second-order valence-corrected chi connectivity index (χ2v) is 6.08. The van der Waals surface area contributed by atoms with E-state index < -0.39 is 0 Å². The zero-order valence-corrected chi connectivity index (χ0v) is 13.6. The van der Waals surface area contributed by atoms with Crippen molar-refractivity contribution < 1.29 is 0 Å². The number of nitrogens with zero attached hydrogens (tertiary/aromatic N) is 5. The Morgan fingerprint density at radius 3 is 2.17 bits per heavy atom. The van der Waals surface area contributed by atoms with Gasteiger partial charge in [-0.2, -0.15) is 5.26 Å². The topological polar surface area (TPSA) is 56.0 Å². The van der Waals surface area contributed by atoms with Gasteiger partial charge in [0.2, 0.25) is 0 Å². The van der Waals surface area contributed by atoms with Crippen LogP contribution in [0.4, 0.5) is 5.82 Å². The molecular formula is C18H21N5. The van der Waals surface area contributed by atoms with E-state index >= 15 is 0 Å². The Morgan fingerprint density at radius 1 is 0.957 bits per heavy atom. The molecule has 0 spiro atoms. The van der Waals surface area contributed by atoms with Crippen LogP contribution < -0.4 is 4.90 Å². The van der Waals surface area contributed by atoms with Crippen LogP contribution in [-0.2, 0) is 0 Å². The lowest BCUT2D eigenvalue weighted by Gasteiger charge is -2.37. The third-order valence-corrected chi connectivity index (χ3v) is 4.33. The van der Waals surface area contributed by atoms with E-state index in [0.29, 0.717) is 11.6 Å². The third-order valence-electron chi connectivity index (χ3n) is 4.33. The van der Waals surface area contributed by atoms with E-state index in [1.165, 1.54) is 0 Å². The first kappa shape index (κ1) is 15.4. The minimum Gasteiger partial charge on any atom is -0.353 e. The molecule has 0 aliphatic carbocycles. The molecule has 3 rings (SSSR count). The van der Waals surface area contributed by atoms with E-state index in [1.807, 2.05) is 24.3 Å². The SMILES string of the molecule is CC(C)N1CCN(c2ccc(-c3ccc(C#N)cc3)nn2)CC1. The number of hydrogen-bond acceptors (Lipinski definition) is 5. The number of piperazine rings is 1. The molecule has 1 aromatic carbocycles. The van der Waals surface area contributed by atoms with E-state index in [4.69, 9.17) is 5.26 Å². The van der Waals surface area contributed by atoms with E-state index in [9.17, 15) is 0 Å². The van der Waals surface area contributed by atoms with Gasteiger partial charge in [0.25, 0.3) is 0 Å². The maximum absolute atomic E-state index is 8.85. The van der Waals surface area contributed by atoms with Crippen molar-refractivity contribution in [2.45, 2.75) is 19.9 Å². The van der Waals surface area contributed by atoms with E-state index in [0.717, 1.165) is 43.3 Å². The van der Waals surface area contributed by atoms with Gasteiger partial charge in [-0.05, 0) is 38.1 Å². The second-order valence-electron chi connectivity index (χ2n) is 6.08. The van der Waals surface area contributed by atoms with Gasteiger partial charge in [0.05, 0.1) is 17.3 Å². The molecule has 5 heteroatoms. The van der Waals surface area contributed by atoms with Crippen LogP contribution in [0.2, 0.25) is 0 Å². The molecule has 118 valence electrons. The van der Waals surface area contributed by atoms with Crippen LogP contribution >= 0.6 is 0 Å². The van der Waals surface area contributed by atoms with E-state index in [2.05, 4.69) is 39.9 Å². The van der Waals surface area contributed by atoms with E-state index in [-0.39, 0.29) is 0 Å². The number of anilines is 1. The van der Waals surface area contributed by atoms with Crippen molar-refractivity contribution in [1.82, 2.24) is 15.1 Å². The smallest absolute Gasteiger partial charge is 0.151 e. The summed E-state index contributed by atoms with van der Waals surface area (Å²) in [5, 5.41) is 17.6. The number of aromatic nitrogens is 2. The average Bonchev–Trinajstić information content (AvgIpc) is 2.62. The number of hydrogen-bond donors (Lipinski definition) is 0. The quantitative estimate of drug-likeness (QED) is 0.872. The van der Waals surface area contributed by atoms with Crippen molar-refractivity contribution in [2.24, 2.45) is 0 Å². The molecule has 0 N–H and O–H groups in total. The zero-order valence-electron chi connectivity index (χ0n) is 13.6. The molecule has 0 radical (unpaired) electrons. The van der Waals surface area contributed by atoms with Gasteiger partial charge in [-0.25, -0.2) is 0 Å². The largest absolute Gasteiger partial charge is 0.353 e. The van der Waals surface area contributed by atoms with Crippen LogP contribution in [0.15, 0.2) is 36.4 Å². The number of benzene rings is 1. The lowest BCUT2D eigenvalue weighted by atomic mass is 10.1. The molecule has 23 heavy (non-hydrogen) atoms. The summed E-state index contributed by atoms with van der Waals surface area (Å²) in [5.41, 5.74) is 2.47. The molecule has 1 fully saturated rings. The molecule has 5 nitrogen and oxygen atoms in total. The summed E-state index contributed by atoms with van der Waals surface area (Å²) >= 11 is 0. The van der Waals surface area contributed by atoms with Crippen LogP contribution in [-0.4, -0.2) is 47.3 Å². The zero-order chi connectivity index (χ0) is 16.2. The second kappa shape index (κ2) is 6.76. The molecule has 1 aliphatic rings. The fourth-order valence-electron chi connectivity index (χ4n) is 2.83. The van der Waals surface area contributed by atoms with E-state index in [1.54, 1.807) is 12.1 Å². The summed E-state index contributed by atoms with van der Waals surface area (Å²) < 4.78 is 0. The Kier molecular flexibility index (Phi) is 4.54. The Labute approximate surface area is 137 Å². The molecule has 0 saturated carbocycles. The molecule has 1 aromatic heterocycles. The standard InChI is InChI=1S/C18H21N5/c1-14(2)22-9-11-23(12-10-22)18-8-7-17(20-21-18)16-5-3-15(13-19)4-6-16/h3-8,14H,9-12H2,1-2H3. The Balaban J connectivity index is 1.69. The number of nitriles is 1. The fourth-order valence-corrected chi connectivity index (χ4v) is 2.83. The van der Waals surface area contributed by atoms with Crippen molar-refractivity contribution in [3.63, 3.8) is 0 Å². The highest BCUT2D eigenvalue weighted by Crippen LogP contribution is 2.20. The van der Waals surface area contributed by atoms with Crippen LogP contribution in [0, 0.1) is 11.3 Å². The first-order chi connectivity index (χ1) is 11.2. The summed E-state index contributed by atoms with van der Waals surface area (Å²) in [4.78, 5) is 4.77. The summed E-state index contributed by atoms with van der Waals surface area (Å²) in [5.74, 6) is 0.936. The van der Waals surface area contributed by atoms with Crippen LogP contribution in [0.3, 0.4) is 0 Å². The molecule has 0 amide bonds. The highest BCUT2D eigenvalue weighted by Gasteiger charge is 2.19. The molecule has 0 unspecified atom stereocenters. The van der Waals surface area contributed by atoms with Crippen molar-refractivity contribution in [2.75, 3.05) is 31.1 Å². The predicted molar refractivity (Wildman–Crippen MR) is 91.1 cm³/mol. The van der Waals surface area contributed by atoms with Crippen LogP contribution in [0.1, 0.15) is 19.4 Å². The first-order valence-electron chi connectivity index (χ1n) is 8.00.